The Kier molecular flexibility index (Phi) is 6.07. The number of nitrogens with one attached hydrogen (secondary N) is 1. The van der Waals surface area contributed by atoms with Crippen LogP contribution in [0.15, 0.2) is 18.2 Å². The van der Waals surface area contributed by atoms with Crippen molar-refractivity contribution in [1.29, 1.82) is 0 Å². The fourth-order valence-electron chi connectivity index (χ4n) is 3.96. The largest absolute Gasteiger partial charge is 0.416 e. The average molecular weight is 426 g/mol. The lowest BCUT2D eigenvalue weighted by molar-refractivity contribution is -0.137. The summed E-state index contributed by atoms with van der Waals surface area (Å²) in [6.45, 7) is 4.21. The number of rotatable bonds is 3. The van der Waals surface area contributed by atoms with E-state index in [2.05, 4.69) is 5.32 Å². The summed E-state index contributed by atoms with van der Waals surface area (Å²) in [6, 6.07) is 2.54. The highest BCUT2D eigenvalue weighted by molar-refractivity contribution is 6.11. The molecule has 0 radical (unpaired) electrons. The van der Waals surface area contributed by atoms with Crippen molar-refractivity contribution in [3.8, 4) is 0 Å². The summed E-state index contributed by atoms with van der Waals surface area (Å²) in [5, 5.41) is 2.42. The zero-order valence-corrected chi connectivity index (χ0v) is 17.1. The topological polar surface area (TPSA) is 73.0 Å². The molecule has 2 aliphatic heterocycles. The van der Waals surface area contributed by atoms with Crippen molar-refractivity contribution in [1.82, 2.24) is 9.80 Å². The Balaban J connectivity index is 1.74. The van der Waals surface area contributed by atoms with E-state index in [-0.39, 0.29) is 35.8 Å². The Bertz CT molecular complexity index is 850. The van der Waals surface area contributed by atoms with Gasteiger partial charge in [-0.2, -0.15) is 13.2 Å². The van der Waals surface area contributed by atoms with Crippen LogP contribution in [0.1, 0.15) is 32.3 Å². The Morgan fingerprint density at radius 3 is 2.43 bits per heavy atom. The number of hydrogen-bond acceptors (Lipinski definition) is 4. The summed E-state index contributed by atoms with van der Waals surface area (Å²) < 4.78 is 39.0. The van der Waals surface area contributed by atoms with Crippen molar-refractivity contribution >= 4 is 29.1 Å². The van der Waals surface area contributed by atoms with Gasteiger partial charge in [-0.15, -0.1) is 0 Å². The van der Waals surface area contributed by atoms with Crippen molar-refractivity contribution in [2.24, 2.45) is 0 Å². The zero-order chi connectivity index (χ0) is 22.2. The average Bonchev–Trinajstić information content (AvgIpc) is 2.70. The molecule has 3 rings (SSSR count). The normalized spacial score (nSPS) is 19.1. The SMILES string of the molecule is CC(=O)N(C)C1CCN(C(C)C(=O)N2CC(=O)Nc3cc(C(F)(F)F)ccc32)CC1. The number of piperidine rings is 1. The van der Waals surface area contributed by atoms with Gasteiger partial charge in [0.25, 0.3) is 0 Å². The van der Waals surface area contributed by atoms with Crippen LogP contribution in [0.3, 0.4) is 0 Å². The number of alkyl halides is 3. The number of anilines is 2. The molecule has 2 aliphatic rings. The standard InChI is InChI=1S/C20H25F3N4O3/c1-12(26-8-6-15(7-9-26)25(3)13(2)28)19(30)27-11-18(29)24-16-10-14(20(21,22)23)4-5-17(16)27/h4-5,10,12,15H,6-9,11H2,1-3H3,(H,24,29). The molecule has 164 valence electrons. The summed E-state index contributed by atoms with van der Waals surface area (Å²) >= 11 is 0. The molecule has 10 heteroatoms. The van der Waals surface area contributed by atoms with Gasteiger partial charge >= 0.3 is 6.18 Å². The molecule has 0 bridgehead atoms. The van der Waals surface area contributed by atoms with E-state index in [1.165, 1.54) is 17.9 Å². The number of benzene rings is 1. The lowest BCUT2D eigenvalue weighted by atomic mass is 10.0. The third kappa shape index (κ3) is 4.43. The van der Waals surface area contributed by atoms with Gasteiger partial charge in [0.15, 0.2) is 0 Å². The molecule has 2 heterocycles. The summed E-state index contributed by atoms with van der Waals surface area (Å²) in [7, 11) is 1.76. The molecule has 1 fully saturated rings. The number of likely N-dealkylation sites (tertiary alicyclic amines) is 1. The van der Waals surface area contributed by atoms with E-state index < -0.39 is 23.7 Å². The highest BCUT2D eigenvalue weighted by Gasteiger charge is 2.37. The van der Waals surface area contributed by atoms with Gasteiger partial charge in [-0.05, 0) is 38.0 Å². The first kappa shape index (κ1) is 22.1. The van der Waals surface area contributed by atoms with Gasteiger partial charge < -0.3 is 10.2 Å². The van der Waals surface area contributed by atoms with Gasteiger partial charge in [0, 0.05) is 33.1 Å². The number of carbonyl (C=O) groups excluding carboxylic acids is 3. The third-order valence-corrected chi connectivity index (χ3v) is 5.91. The van der Waals surface area contributed by atoms with Crippen LogP contribution in [0, 0.1) is 0 Å². The number of amides is 3. The summed E-state index contributed by atoms with van der Waals surface area (Å²) in [6.07, 6.45) is -3.10. The first-order valence-corrected chi connectivity index (χ1v) is 9.79. The highest BCUT2D eigenvalue weighted by Crippen LogP contribution is 2.37. The van der Waals surface area contributed by atoms with Crippen LogP contribution in [0.2, 0.25) is 0 Å². The molecule has 0 aliphatic carbocycles. The van der Waals surface area contributed by atoms with Crippen LogP contribution in [-0.4, -0.2) is 66.3 Å². The van der Waals surface area contributed by atoms with Crippen molar-refractivity contribution in [3.05, 3.63) is 23.8 Å². The number of nitrogens with zero attached hydrogens (tertiary/aromatic N) is 3. The Morgan fingerprint density at radius 2 is 1.87 bits per heavy atom. The third-order valence-electron chi connectivity index (χ3n) is 5.91. The van der Waals surface area contributed by atoms with E-state index in [4.69, 9.17) is 0 Å². The van der Waals surface area contributed by atoms with Crippen molar-refractivity contribution in [3.63, 3.8) is 0 Å². The Hall–Kier alpha value is -2.62. The fraction of sp³-hybridized carbons (Fsp3) is 0.550. The smallest absolute Gasteiger partial charge is 0.343 e. The first-order valence-electron chi connectivity index (χ1n) is 9.79. The monoisotopic (exact) mass is 426 g/mol. The lowest BCUT2D eigenvalue weighted by Gasteiger charge is -2.40. The van der Waals surface area contributed by atoms with Gasteiger partial charge in [-0.3, -0.25) is 24.2 Å². The minimum Gasteiger partial charge on any atom is -0.343 e. The molecule has 1 aromatic carbocycles. The molecule has 30 heavy (non-hydrogen) atoms. The van der Waals surface area contributed by atoms with E-state index in [0.29, 0.717) is 13.1 Å². The molecule has 1 aromatic rings. The molecule has 0 saturated carbocycles. The molecule has 0 aromatic heterocycles. The van der Waals surface area contributed by atoms with E-state index in [1.54, 1.807) is 18.9 Å². The number of carbonyl (C=O) groups is 3. The van der Waals surface area contributed by atoms with Gasteiger partial charge in [0.2, 0.25) is 17.7 Å². The van der Waals surface area contributed by atoms with Crippen LogP contribution in [0.4, 0.5) is 24.5 Å². The van der Waals surface area contributed by atoms with E-state index in [0.717, 1.165) is 25.0 Å². The van der Waals surface area contributed by atoms with E-state index in [9.17, 15) is 27.6 Å². The van der Waals surface area contributed by atoms with Crippen molar-refractivity contribution in [2.45, 2.75) is 44.9 Å². The Morgan fingerprint density at radius 1 is 1.23 bits per heavy atom. The van der Waals surface area contributed by atoms with E-state index in [1.807, 2.05) is 4.90 Å². The molecule has 0 spiro atoms. The summed E-state index contributed by atoms with van der Waals surface area (Å²) in [5.41, 5.74) is -0.658. The quantitative estimate of drug-likeness (QED) is 0.805. The molecule has 1 saturated heterocycles. The maximum Gasteiger partial charge on any atom is 0.416 e. The second-order valence-electron chi connectivity index (χ2n) is 7.78. The molecule has 3 amide bonds. The zero-order valence-electron chi connectivity index (χ0n) is 17.1. The van der Waals surface area contributed by atoms with Gasteiger partial charge in [-0.25, -0.2) is 0 Å². The number of halogens is 3. The maximum absolute atomic E-state index is 13.1. The molecular weight excluding hydrogens is 401 g/mol. The molecular formula is C20H25F3N4O3. The van der Waals surface area contributed by atoms with Gasteiger partial charge in [0.05, 0.1) is 23.0 Å². The van der Waals surface area contributed by atoms with E-state index >= 15 is 0 Å². The van der Waals surface area contributed by atoms with Crippen LogP contribution < -0.4 is 10.2 Å². The number of hydrogen-bond donors (Lipinski definition) is 1. The molecule has 1 N–H and O–H groups in total. The van der Waals surface area contributed by atoms with Crippen LogP contribution in [0.5, 0.6) is 0 Å². The number of fused-ring (bicyclic) bond motifs is 1. The lowest BCUT2D eigenvalue weighted by Crippen LogP contribution is -2.54. The minimum atomic E-state index is -4.54. The predicted molar refractivity (Wildman–Crippen MR) is 105 cm³/mol. The predicted octanol–water partition coefficient (Wildman–Crippen LogP) is 2.32. The second kappa shape index (κ2) is 8.25. The molecule has 7 nitrogen and oxygen atoms in total. The van der Waals surface area contributed by atoms with Gasteiger partial charge in [0.1, 0.15) is 6.54 Å². The van der Waals surface area contributed by atoms with Crippen LogP contribution in [0.25, 0.3) is 0 Å². The summed E-state index contributed by atoms with van der Waals surface area (Å²) in [5.74, 6) is -0.889. The fourth-order valence-corrected chi connectivity index (χ4v) is 3.96. The molecule has 1 atom stereocenters. The van der Waals surface area contributed by atoms with Crippen molar-refractivity contribution < 1.29 is 27.6 Å². The van der Waals surface area contributed by atoms with Crippen molar-refractivity contribution in [2.75, 3.05) is 36.9 Å². The molecule has 1 unspecified atom stereocenters. The minimum absolute atomic E-state index is 0.00765. The maximum atomic E-state index is 13.1. The Labute approximate surface area is 172 Å². The van der Waals surface area contributed by atoms with Gasteiger partial charge in [-0.1, -0.05) is 0 Å². The first-order chi connectivity index (χ1) is 14.0. The highest BCUT2D eigenvalue weighted by atomic mass is 19.4. The summed E-state index contributed by atoms with van der Waals surface area (Å²) in [4.78, 5) is 41.6. The van der Waals surface area contributed by atoms with Crippen LogP contribution >= 0.6 is 0 Å². The van der Waals surface area contributed by atoms with Crippen LogP contribution in [-0.2, 0) is 20.6 Å². The second-order valence-corrected chi connectivity index (χ2v) is 7.78.